The summed E-state index contributed by atoms with van der Waals surface area (Å²) in [6.07, 6.45) is 5.32. The Hall–Kier alpha value is -3.41. The van der Waals surface area contributed by atoms with Gasteiger partial charge in [-0.1, -0.05) is 29.8 Å². The lowest BCUT2D eigenvalue weighted by Gasteiger charge is -2.43. The highest BCUT2D eigenvalue weighted by atomic mass is 35.5. The van der Waals surface area contributed by atoms with E-state index in [1.165, 1.54) is 0 Å². The van der Waals surface area contributed by atoms with Crippen molar-refractivity contribution in [3.05, 3.63) is 87.7 Å². The lowest BCUT2D eigenvalue weighted by atomic mass is 9.74. The van der Waals surface area contributed by atoms with Crippen LogP contribution < -0.4 is 9.88 Å². The summed E-state index contributed by atoms with van der Waals surface area (Å²) in [5, 5.41) is 44.6. The molecule has 0 spiro atoms. The van der Waals surface area contributed by atoms with E-state index in [0.29, 0.717) is 5.02 Å². The smallest absolute Gasteiger partial charge is 0.216 e. The second-order valence-electron chi connectivity index (χ2n) is 7.52. The number of hydrogen-bond donors (Lipinski definition) is 2. The van der Waals surface area contributed by atoms with E-state index in [-0.39, 0.29) is 22.8 Å². The van der Waals surface area contributed by atoms with Gasteiger partial charge < -0.3 is 15.8 Å². The van der Waals surface area contributed by atoms with Gasteiger partial charge >= 0.3 is 0 Å². The third-order valence-corrected chi connectivity index (χ3v) is 6.01. The van der Waals surface area contributed by atoms with Crippen molar-refractivity contribution < 1.29 is 9.67 Å². The van der Waals surface area contributed by atoms with E-state index in [2.05, 4.69) is 11.4 Å². The molecule has 2 aromatic rings. The van der Waals surface area contributed by atoms with Crippen LogP contribution in [0.5, 0.6) is 0 Å². The van der Waals surface area contributed by atoms with Crippen molar-refractivity contribution in [3.8, 4) is 12.1 Å². The van der Waals surface area contributed by atoms with Crippen LogP contribution in [0.2, 0.25) is 5.02 Å². The number of aromatic nitrogens is 1. The van der Waals surface area contributed by atoms with Crippen LogP contribution >= 0.6 is 11.6 Å². The maximum Gasteiger partial charge on any atom is 0.216 e. The first kappa shape index (κ1) is 19.9. The highest BCUT2D eigenvalue weighted by Crippen LogP contribution is 2.52. The van der Waals surface area contributed by atoms with Crippen LogP contribution in [0.1, 0.15) is 30.4 Å². The topological polar surface area (TPSA) is 106 Å². The molecule has 0 amide bonds. The van der Waals surface area contributed by atoms with Crippen molar-refractivity contribution in [3.63, 3.8) is 0 Å². The van der Waals surface area contributed by atoms with E-state index in [1.807, 2.05) is 59.2 Å². The molecule has 4 rings (SSSR count). The predicted octanol–water partition coefficient (Wildman–Crippen LogP) is 3.12. The van der Waals surface area contributed by atoms with Crippen molar-refractivity contribution in [2.24, 2.45) is 5.92 Å². The van der Waals surface area contributed by atoms with E-state index in [1.54, 1.807) is 12.1 Å². The molecule has 3 atom stereocenters. The minimum Gasteiger partial charge on any atom is -0.762 e. The van der Waals surface area contributed by atoms with E-state index in [4.69, 9.17) is 11.6 Å². The molecule has 7 heteroatoms. The molecule has 0 unspecified atom stereocenters. The van der Waals surface area contributed by atoms with Gasteiger partial charge in [-0.05, 0) is 30.5 Å². The van der Waals surface area contributed by atoms with Crippen molar-refractivity contribution in [2.75, 3.05) is 0 Å². The monoisotopic (exact) mass is 415 g/mol. The number of nitrogens with zero attached hydrogens (tertiary/aromatic N) is 4. The Morgan fingerprint density at radius 2 is 1.83 bits per heavy atom. The van der Waals surface area contributed by atoms with E-state index >= 15 is 0 Å². The van der Waals surface area contributed by atoms with Crippen LogP contribution in [0.4, 0.5) is 0 Å². The molecule has 2 aliphatic rings. The molecule has 0 saturated heterocycles. The Morgan fingerprint density at radius 3 is 2.37 bits per heavy atom. The predicted molar refractivity (Wildman–Crippen MR) is 111 cm³/mol. The summed E-state index contributed by atoms with van der Waals surface area (Å²) < 4.78 is 1.89. The molecular formula is C23H18ClN5O. The molecule has 1 aromatic heterocycles. The minimum atomic E-state index is -1.44. The molecule has 2 N–H and O–H groups in total. The van der Waals surface area contributed by atoms with Crippen LogP contribution in [0.15, 0.2) is 71.7 Å². The summed E-state index contributed by atoms with van der Waals surface area (Å²) in [6.45, 7) is 0. The Bertz CT molecular complexity index is 1130. The molecular weight excluding hydrogens is 398 g/mol. The zero-order chi connectivity index (χ0) is 21.3. The van der Waals surface area contributed by atoms with Crippen molar-refractivity contribution in [1.29, 1.82) is 10.5 Å². The first-order valence-corrected chi connectivity index (χ1v) is 9.95. The van der Waals surface area contributed by atoms with Crippen LogP contribution in [0.25, 0.3) is 5.41 Å². The Kier molecular flexibility index (Phi) is 5.16. The van der Waals surface area contributed by atoms with Gasteiger partial charge in [0.1, 0.15) is 6.07 Å². The highest BCUT2D eigenvalue weighted by Gasteiger charge is 2.61. The van der Waals surface area contributed by atoms with Crippen LogP contribution in [0, 0.1) is 28.6 Å². The average molecular weight is 416 g/mol. The Morgan fingerprint density at radius 1 is 1.17 bits per heavy atom. The fourth-order valence-electron chi connectivity index (χ4n) is 4.25. The second-order valence-corrected chi connectivity index (χ2v) is 7.96. The molecule has 2 heterocycles. The number of benzene rings is 1. The number of rotatable bonds is 4. The largest absolute Gasteiger partial charge is 0.762 e. The van der Waals surface area contributed by atoms with Gasteiger partial charge in [-0.3, -0.25) is 0 Å². The maximum atomic E-state index is 11.9. The number of halogens is 1. The summed E-state index contributed by atoms with van der Waals surface area (Å²) in [6, 6.07) is 16.2. The standard InChI is InChI=1S/C23H18ClN5O/c24-18-8-4-15(5-9-18)20-19(14-27)21(16(12-25)13-26)28-23(30,17-6-7-17)22(20)29-10-2-1-3-11-29/h1-5,8-11,17,20,22,28,30H,6-7H2/t20-,22+,23+/m1/s1. The maximum absolute atomic E-state index is 11.9. The van der Waals surface area contributed by atoms with Gasteiger partial charge in [-0.2, -0.15) is 15.1 Å². The van der Waals surface area contributed by atoms with Crippen molar-refractivity contribution >= 4 is 17.5 Å². The first-order chi connectivity index (χ1) is 14.5. The Balaban J connectivity index is 2.03. The van der Waals surface area contributed by atoms with E-state index < -0.39 is 17.7 Å². The van der Waals surface area contributed by atoms with Crippen LogP contribution in [-0.4, -0.2) is 16.7 Å². The third kappa shape index (κ3) is 3.28. The zero-order valence-electron chi connectivity index (χ0n) is 16.0. The lowest BCUT2D eigenvalue weighted by molar-refractivity contribution is -0.742. The average Bonchev–Trinajstić information content (AvgIpc) is 3.61. The molecule has 6 nitrogen and oxygen atoms in total. The third-order valence-electron chi connectivity index (χ3n) is 5.75. The van der Waals surface area contributed by atoms with Gasteiger partial charge in [0, 0.05) is 23.1 Å². The first-order valence-electron chi connectivity index (χ1n) is 9.57. The van der Waals surface area contributed by atoms with Gasteiger partial charge in [0.05, 0.1) is 28.8 Å². The van der Waals surface area contributed by atoms with Gasteiger partial charge in [0.15, 0.2) is 12.4 Å². The van der Waals surface area contributed by atoms with Crippen LogP contribution in [-0.2, 0) is 0 Å². The quantitative estimate of drug-likeness (QED) is 0.454. The van der Waals surface area contributed by atoms with E-state index in [0.717, 1.165) is 18.4 Å². The second kappa shape index (κ2) is 7.78. The molecule has 30 heavy (non-hydrogen) atoms. The van der Waals surface area contributed by atoms with E-state index in [9.17, 15) is 21.0 Å². The van der Waals surface area contributed by atoms with Gasteiger partial charge in [0.25, 0.3) is 0 Å². The normalized spacial score (nSPS) is 25.5. The summed E-state index contributed by atoms with van der Waals surface area (Å²) in [7, 11) is 0. The molecule has 1 saturated carbocycles. The number of hydrogen-bond acceptors (Lipinski definition) is 4. The summed E-state index contributed by atoms with van der Waals surface area (Å²) in [4.78, 5) is 0. The zero-order valence-corrected chi connectivity index (χ0v) is 16.7. The molecule has 0 bridgehead atoms. The molecule has 148 valence electrons. The van der Waals surface area contributed by atoms with Crippen molar-refractivity contribution in [1.82, 2.24) is 5.32 Å². The van der Waals surface area contributed by atoms with Gasteiger partial charge in [-0.25, -0.2) is 5.87 Å². The molecule has 1 fully saturated rings. The number of aliphatic hydroxyl groups is 1. The SMILES string of the molecule is N#CC(=C=[N-])C1=C(C#N)[C@@H](c2ccc(Cl)cc2)[C@H]([n+]2ccccc2)[C@@](O)(C2CC2)N1. The molecule has 1 aromatic carbocycles. The number of pyridine rings is 1. The van der Waals surface area contributed by atoms with Gasteiger partial charge in [-0.15, -0.1) is 0 Å². The Labute approximate surface area is 179 Å². The fourth-order valence-corrected chi connectivity index (χ4v) is 4.38. The fraction of sp³-hybridized carbons (Fsp3) is 0.261. The van der Waals surface area contributed by atoms with Crippen LogP contribution in [0.3, 0.4) is 0 Å². The molecule has 1 aliphatic carbocycles. The number of nitriles is 2. The number of allylic oxidation sites excluding steroid dienone is 2. The summed E-state index contributed by atoms with van der Waals surface area (Å²) in [5.41, 5.74) is -0.552. The highest BCUT2D eigenvalue weighted by molar-refractivity contribution is 6.30. The molecule has 1 aliphatic heterocycles. The number of nitrogens with one attached hydrogen (secondary N) is 1. The molecule has 0 radical (unpaired) electrons. The summed E-state index contributed by atoms with van der Waals surface area (Å²) >= 11 is 6.08. The lowest BCUT2D eigenvalue weighted by Crippen LogP contribution is -2.66. The summed E-state index contributed by atoms with van der Waals surface area (Å²) in [5.74, 6) is 1.21. The van der Waals surface area contributed by atoms with Crippen molar-refractivity contribution in [2.45, 2.75) is 30.5 Å². The minimum absolute atomic E-state index is 0.0705. The van der Waals surface area contributed by atoms with Gasteiger partial charge in [0.2, 0.25) is 11.8 Å².